The summed E-state index contributed by atoms with van der Waals surface area (Å²) in [5, 5.41) is 24.9. The summed E-state index contributed by atoms with van der Waals surface area (Å²) in [6, 6.07) is 15.9. The zero-order valence-electron chi connectivity index (χ0n) is 14.0. The molecule has 0 atom stereocenters. The molecule has 3 heterocycles. The molecule has 2 aromatic carbocycles. The average molecular weight is 358 g/mol. The fourth-order valence-electron chi connectivity index (χ4n) is 3.51. The lowest BCUT2D eigenvalue weighted by Gasteiger charge is -2.09. The van der Waals surface area contributed by atoms with E-state index in [0.717, 1.165) is 22.2 Å². The van der Waals surface area contributed by atoms with Gasteiger partial charge in [-0.3, -0.25) is 9.36 Å². The van der Waals surface area contributed by atoms with Gasteiger partial charge < -0.3 is 15.2 Å². The fraction of sp³-hybridized carbons (Fsp3) is 0. The highest BCUT2D eigenvalue weighted by molar-refractivity contribution is 6.17. The molecule has 7 nitrogen and oxygen atoms in total. The number of benzene rings is 2. The zero-order chi connectivity index (χ0) is 18.5. The highest BCUT2D eigenvalue weighted by Crippen LogP contribution is 2.36. The highest BCUT2D eigenvalue weighted by atomic mass is 16.3. The summed E-state index contributed by atoms with van der Waals surface area (Å²) in [4.78, 5) is 15.9. The van der Waals surface area contributed by atoms with Crippen molar-refractivity contribution in [2.75, 3.05) is 0 Å². The van der Waals surface area contributed by atoms with Crippen molar-refractivity contribution < 1.29 is 15.0 Å². The molecular formula is C20H14N4O3. The van der Waals surface area contributed by atoms with Crippen LogP contribution in [0.2, 0.25) is 0 Å². The van der Waals surface area contributed by atoms with Crippen LogP contribution in [0.5, 0.6) is 11.8 Å². The van der Waals surface area contributed by atoms with Gasteiger partial charge in [0, 0.05) is 28.6 Å². The van der Waals surface area contributed by atoms with Crippen LogP contribution in [0.25, 0.3) is 27.8 Å². The van der Waals surface area contributed by atoms with Crippen LogP contribution in [-0.4, -0.2) is 31.9 Å². The van der Waals surface area contributed by atoms with Crippen molar-refractivity contribution >= 4 is 23.0 Å². The number of hydrogen-bond acceptors (Lipinski definition) is 4. The fourth-order valence-corrected chi connectivity index (χ4v) is 3.51. The van der Waals surface area contributed by atoms with Crippen LogP contribution in [0.15, 0.2) is 59.7 Å². The van der Waals surface area contributed by atoms with Crippen LogP contribution in [0.1, 0.15) is 15.9 Å². The number of hydrogen-bond donors (Lipinski definition) is 4. The van der Waals surface area contributed by atoms with E-state index in [-0.39, 0.29) is 17.7 Å². The Morgan fingerprint density at radius 2 is 1.70 bits per heavy atom. The van der Waals surface area contributed by atoms with Crippen molar-refractivity contribution in [3.8, 4) is 28.7 Å². The van der Waals surface area contributed by atoms with Crippen molar-refractivity contribution in [1.82, 2.24) is 15.0 Å². The van der Waals surface area contributed by atoms with E-state index in [9.17, 15) is 15.0 Å². The predicted molar refractivity (Wildman–Crippen MR) is 101 cm³/mol. The van der Waals surface area contributed by atoms with Gasteiger partial charge in [0.1, 0.15) is 0 Å². The lowest BCUT2D eigenvalue weighted by molar-refractivity contribution is 0.0957. The second-order valence-corrected chi connectivity index (χ2v) is 6.28. The van der Waals surface area contributed by atoms with E-state index < -0.39 is 0 Å². The number of rotatable bonds is 2. The minimum atomic E-state index is -0.360. The lowest BCUT2D eigenvalue weighted by atomic mass is 10.0. The molecule has 0 aliphatic carbocycles. The number of carbonyl (C=O) groups excluding carboxylic acids is 1. The van der Waals surface area contributed by atoms with Crippen molar-refractivity contribution in [3.05, 3.63) is 65.7 Å². The first-order valence-electron chi connectivity index (χ1n) is 8.32. The van der Waals surface area contributed by atoms with Gasteiger partial charge in [-0.25, -0.2) is 5.43 Å². The third kappa shape index (κ3) is 2.22. The average Bonchev–Trinajstić information content (AvgIpc) is 3.15. The molecule has 0 spiro atoms. The number of carbonyl (C=O) groups is 1. The van der Waals surface area contributed by atoms with E-state index in [1.807, 2.05) is 30.3 Å². The molecule has 0 fully saturated rings. The quantitative estimate of drug-likeness (QED) is 0.443. The summed E-state index contributed by atoms with van der Waals surface area (Å²) in [5.41, 5.74) is 6.67. The molecule has 1 aliphatic heterocycles. The van der Waals surface area contributed by atoms with E-state index in [2.05, 4.69) is 15.5 Å². The van der Waals surface area contributed by atoms with Crippen molar-refractivity contribution in [2.24, 2.45) is 5.10 Å². The molecule has 0 radical (unpaired) electrons. The van der Waals surface area contributed by atoms with E-state index in [1.54, 1.807) is 18.3 Å². The Bertz CT molecular complexity index is 1220. The van der Waals surface area contributed by atoms with Crippen LogP contribution in [0, 0.1) is 0 Å². The van der Waals surface area contributed by atoms with Crippen LogP contribution in [0.3, 0.4) is 0 Å². The Kier molecular flexibility index (Phi) is 3.11. The maximum atomic E-state index is 12.6. The standard InChI is InChI=1S/C20H14N4O3/c25-16-6-7-17(26)24(16)12-8-13-18-14(10-21-23-20(13)27)19(22-15(18)9-12)11-4-2-1-3-5-11/h1-10,22,25-26H,(H,23,27). The Morgan fingerprint density at radius 3 is 2.44 bits per heavy atom. The summed E-state index contributed by atoms with van der Waals surface area (Å²) in [6.45, 7) is 0. The highest BCUT2D eigenvalue weighted by Gasteiger charge is 2.23. The molecule has 7 heteroatoms. The van der Waals surface area contributed by atoms with E-state index >= 15 is 0 Å². The molecule has 0 saturated carbocycles. The Morgan fingerprint density at radius 1 is 0.963 bits per heavy atom. The molecule has 0 bridgehead atoms. The lowest BCUT2D eigenvalue weighted by Crippen LogP contribution is -2.16. The molecule has 4 aromatic rings. The molecule has 2 aromatic heterocycles. The van der Waals surface area contributed by atoms with Crippen LogP contribution in [-0.2, 0) is 0 Å². The first-order valence-corrected chi connectivity index (χ1v) is 8.32. The monoisotopic (exact) mass is 358 g/mol. The van der Waals surface area contributed by atoms with Gasteiger partial charge in [-0.15, -0.1) is 0 Å². The van der Waals surface area contributed by atoms with Gasteiger partial charge in [-0.1, -0.05) is 30.3 Å². The van der Waals surface area contributed by atoms with E-state index in [1.165, 1.54) is 16.7 Å². The van der Waals surface area contributed by atoms with Gasteiger partial charge in [-0.2, -0.15) is 5.10 Å². The minimum Gasteiger partial charge on any atom is -0.494 e. The predicted octanol–water partition coefficient (Wildman–Crippen LogP) is 3.11. The second-order valence-electron chi connectivity index (χ2n) is 6.28. The molecule has 0 unspecified atom stereocenters. The Balaban J connectivity index is 1.86. The van der Waals surface area contributed by atoms with Crippen LogP contribution >= 0.6 is 0 Å². The molecule has 27 heavy (non-hydrogen) atoms. The zero-order valence-corrected chi connectivity index (χ0v) is 14.0. The number of H-pyrrole nitrogens is 1. The van der Waals surface area contributed by atoms with Gasteiger partial charge in [0.15, 0.2) is 11.8 Å². The van der Waals surface area contributed by atoms with Gasteiger partial charge in [0.05, 0.1) is 23.2 Å². The number of aromatic nitrogens is 2. The summed E-state index contributed by atoms with van der Waals surface area (Å²) < 4.78 is 1.26. The molecule has 1 aliphatic rings. The number of nitrogens with one attached hydrogen (secondary N) is 2. The molecule has 4 N–H and O–H groups in total. The normalized spacial score (nSPS) is 13.0. The van der Waals surface area contributed by atoms with E-state index in [4.69, 9.17) is 0 Å². The number of aromatic hydroxyl groups is 2. The van der Waals surface area contributed by atoms with Crippen LogP contribution < -0.4 is 5.43 Å². The summed E-state index contributed by atoms with van der Waals surface area (Å²) in [7, 11) is 0. The topological polar surface area (TPSA) is 103 Å². The van der Waals surface area contributed by atoms with Crippen LogP contribution in [0.4, 0.5) is 0 Å². The maximum absolute atomic E-state index is 12.6. The SMILES string of the molecule is O=C1NN=Cc2c(-c3ccccc3)[nH]c3cc(-n4c(O)ccc4O)cc1c23. The summed E-state index contributed by atoms with van der Waals surface area (Å²) in [6.07, 6.45) is 1.62. The Hall–Kier alpha value is -4.00. The van der Waals surface area contributed by atoms with Crippen molar-refractivity contribution in [2.45, 2.75) is 0 Å². The van der Waals surface area contributed by atoms with Gasteiger partial charge >= 0.3 is 0 Å². The molecular weight excluding hydrogens is 344 g/mol. The van der Waals surface area contributed by atoms with Crippen molar-refractivity contribution in [1.29, 1.82) is 0 Å². The van der Waals surface area contributed by atoms with E-state index in [0.29, 0.717) is 16.8 Å². The number of aromatic amines is 1. The first kappa shape index (κ1) is 15.3. The molecule has 5 rings (SSSR count). The number of nitrogens with zero attached hydrogens (tertiary/aromatic N) is 2. The minimum absolute atomic E-state index is 0.126. The first-order chi connectivity index (χ1) is 13.1. The molecule has 132 valence electrons. The van der Waals surface area contributed by atoms with Gasteiger partial charge in [0.25, 0.3) is 5.91 Å². The smallest absolute Gasteiger partial charge is 0.272 e. The third-order valence-electron chi connectivity index (χ3n) is 4.69. The largest absolute Gasteiger partial charge is 0.494 e. The second kappa shape index (κ2) is 5.50. The molecule has 0 saturated heterocycles. The van der Waals surface area contributed by atoms with Crippen molar-refractivity contribution in [3.63, 3.8) is 0 Å². The summed E-state index contributed by atoms with van der Waals surface area (Å²) in [5.74, 6) is -0.611. The third-order valence-corrected chi connectivity index (χ3v) is 4.69. The van der Waals surface area contributed by atoms with Gasteiger partial charge in [0.2, 0.25) is 0 Å². The number of amides is 1. The maximum Gasteiger partial charge on any atom is 0.272 e. The molecule has 1 amide bonds. The van der Waals surface area contributed by atoms with Gasteiger partial charge in [-0.05, 0) is 17.7 Å². The summed E-state index contributed by atoms with van der Waals surface area (Å²) >= 11 is 0. The Labute approximate surface area is 153 Å². The number of hydrazone groups is 1.